The predicted molar refractivity (Wildman–Crippen MR) is 62.8 cm³/mol. The summed E-state index contributed by atoms with van der Waals surface area (Å²) < 4.78 is 75.4. The van der Waals surface area contributed by atoms with Crippen LogP contribution in [0.3, 0.4) is 0 Å². The number of ether oxygens (including phenoxy) is 3. The lowest BCUT2D eigenvalue weighted by Crippen LogP contribution is -2.20. The van der Waals surface area contributed by atoms with Crippen molar-refractivity contribution in [1.82, 2.24) is 4.98 Å². The number of nitrogens with zero attached hydrogens (tertiary/aromatic N) is 1. The van der Waals surface area contributed by atoms with Gasteiger partial charge in [0.1, 0.15) is 0 Å². The van der Waals surface area contributed by atoms with Crippen molar-refractivity contribution in [1.29, 1.82) is 0 Å². The van der Waals surface area contributed by atoms with E-state index in [9.17, 15) is 26.7 Å². The fraction of sp³-hybridized carbons (Fsp3) is 0.500. The molecule has 0 aliphatic heterocycles. The summed E-state index contributed by atoms with van der Waals surface area (Å²) in [5.74, 6) is -2.58. The summed E-state index contributed by atoms with van der Waals surface area (Å²) in [6, 6.07) is 0.646. The topological polar surface area (TPSA) is 57.7 Å². The fourth-order valence-electron chi connectivity index (χ4n) is 1.54. The van der Waals surface area contributed by atoms with Crippen LogP contribution in [-0.2, 0) is 16.0 Å². The smallest absolute Gasteiger partial charge is 0.491 e. The summed E-state index contributed by atoms with van der Waals surface area (Å²) >= 11 is 0. The molecule has 1 rings (SSSR count). The second-order valence-electron chi connectivity index (χ2n) is 3.86. The van der Waals surface area contributed by atoms with Gasteiger partial charge in [0, 0.05) is 5.56 Å². The maximum Gasteiger partial charge on any atom is 0.574 e. The van der Waals surface area contributed by atoms with Gasteiger partial charge in [0.2, 0.25) is 0 Å². The van der Waals surface area contributed by atoms with E-state index < -0.39 is 48.1 Å². The zero-order chi connectivity index (χ0) is 16.9. The Hall–Kier alpha value is -2.13. The third kappa shape index (κ3) is 5.01. The van der Waals surface area contributed by atoms with Crippen LogP contribution in [0, 0.1) is 0 Å². The molecule has 0 bridgehead atoms. The van der Waals surface area contributed by atoms with E-state index in [1.54, 1.807) is 0 Å². The van der Waals surface area contributed by atoms with E-state index in [-0.39, 0.29) is 6.61 Å². The molecule has 124 valence electrons. The number of pyridine rings is 1. The maximum absolute atomic E-state index is 12.9. The zero-order valence-corrected chi connectivity index (χ0v) is 11.5. The minimum absolute atomic E-state index is 0.00902. The molecule has 5 nitrogen and oxygen atoms in total. The van der Waals surface area contributed by atoms with Crippen LogP contribution in [0.4, 0.5) is 22.0 Å². The summed E-state index contributed by atoms with van der Waals surface area (Å²) in [5.41, 5.74) is -1.31. The van der Waals surface area contributed by atoms with Gasteiger partial charge in [-0.3, -0.25) is 4.79 Å². The van der Waals surface area contributed by atoms with Crippen molar-refractivity contribution in [3.63, 3.8) is 0 Å². The first-order valence-corrected chi connectivity index (χ1v) is 5.95. The second-order valence-corrected chi connectivity index (χ2v) is 3.86. The summed E-state index contributed by atoms with van der Waals surface area (Å²) in [5, 5.41) is 0. The molecule has 0 saturated carbocycles. The monoisotopic (exact) mass is 329 g/mol. The molecule has 0 aromatic carbocycles. The van der Waals surface area contributed by atoms with Crippen LogP contribution >= 0.6 is 0 Å². The molecule has 0 aliphatic rings. The number of methoxy groups -OCH3 is 1. The van der Waals surface area contributed by atoms with Crippen LogP contribution in [0.5, 0.6) is 11.6 Å². The van der Waals surface area contributed by atoms with E-state index >= 15 is 0 Å². The molecular weight excluding hydrogens is 317 g/mol. The van der Waals surface area contributed by atoms with Crippen molar-refractivity contribution in [3.05, 3.63) is 17.3 Å². The Bertz CT molecular complexity index is 533. The lowest BCUT2D eigenvalue weighted by molar-refractivity contribution is -0.276. The molecular formula is C12H12F5NO4. The first kappa shape index (κ1) is 17.9. The molecule has 0 N–H and O–H groups in total. The summed E-state index contributed by atoms with van der Waals surface area (Å²) in [7, 11) is 0.973. The first-order valence-electron chi connectivity index (χ1n) is 5.95. The van der Waals surface area contributed by atoms with Gasteiger partial charge in [-0.2, -0.15) is 0 Å². The van der Waals surface area contributed by atoms with E-state index in [4.69, 9.17) is 0 Å². The van der Waals surface area contributed by atoms with Crippen molar-refractivity contribution in [2.24, 2.45) is 0 Å². The summed E-state index contributed by atoms with van der Waals surface area (Å²) in [6.45, 7) is 1.48. The molecule has 10 heteroatoms. The predicted octanol–water partition coefficient (Wildman–Crippen LogP) is 3.03. The molecule has 1 heterocycles. The van der Waals surface area contributed by atoms with Gasteiger partial charge >= 0.3 is 12.3 Å². The molecule has 1 aromatic rings. The van der Waals surface area contributed by atoms with Gasteiger partial charge in [0.25, 0.3) is 12.3 Å². The Balaban J connectivity index is 3.26. The fourth-order valence-corrected chi connectivity index (χ4v) is 1.54. The van der Waals surface area contributed by atoms with Crippen LogP contribution in [0.25, 0.3) is 0 Å². The number of halogens is 5. The van der Waals surface area contributed by atoms with Gasteiger partial charge in [-0.25, -0.2) is 13.8 Å². The molecule has 0 fully saturated rings. The molecule has 0 radical (unpaired) electrons. The highest BCUT2D eigenvalue weighted by Crippen LogP contribution is 2.35. The number of carbonyl (C=O) groups is 1. The number of aromatic nitrogens is 1. The molecule has 0 atom stereocenters. The average molecular weight is 329 g/mol. The van der Waals surface area contributed by atoms with E-state index in [0.717, 1.165) is 7.11 Å². The van der Waals surface area contributed by atoms with E-state index in [2.05, 4.69) is 19.2 Å². The van der Waals surface area contributed by atoms with Gasteiger partial charge in [-0.1, -0.05) is 0 Å². The SMILES string of the molecule is CCOC(=O)Cc1nc(OC(F)(F)F)c(OC)cc1C(F)F. The highest BCUT2D eigenvalue weighted by Gasteiger charge is 2.34. The summed E-state index contributed by atoms with van der Waals surface area (Å²) in [6.07, 6.45) is -8.87. The number of hydrogen-bond acceptors (Lipinski definition) is 5. The van der Waals surface area contributed by atoms with E-state index in [0.29, 0.717) is 6.07 Å². The van der Waals surface area contributed by atoms with Crippen LogP contribution in [-0.4, -0.2) is 31.0 Å². The standard InChI is InChI=1S/C12H12F5NO4/c1-3-21-9(19)5-7-6(10(13)14)4-8(20-2)11(18-7)22-12(15,16)17/h4,10H,3,5H2,1-2H3. The molecule has 0 aliphatic carbocycles. The molecule has 22 heavy (non-hydrogen) atoms. The van der Waals surface area contributed by atoms with Gasteiger partial charge in [0.15, 0.2) is 5.75 Å². The highest BCUT2D eigenvalue weighted by atomic mass is 19.4. The van der Waals surface area contributed by atoms with Gasteiger partial charge in [-0.15, -0.1) is 13.2 Å². The zero-order valence-electron chi connectivity index (χ0n) is 11.5. The average Bonchev–Trinajstić information content (AvgIpc) is 2.36. The third-order valence-corrected chi connectivity index (χ3v) is 2.35. The van der Waals surface area contributed by atoms with Crippen LogP contribution < -0.4 is 9.47 Å². The van der Waals surface area contributed by atoms with Gasteiger partial charge in [-0.05, 0) is 13.0 Å². The minimum Gasteiger partial charge on any atom is -0.491 e. The summed E-state index contributed by atoms with van der Waals surface area (Å²) in [4.78, 5) is 14.7. The van der Waals surface area contributed by atoms with Crippen LogP contribution in [0.1, 0.15) is 24.6 Å². The molecule has 0 saturated heterocycles. The lowest BCUT2D eigenvalue weighted by Gasteiger charge is -2.15. The molecule has 0 spiro atoms. The molecule has 0 unspecified atom stereocenters. The normalized spacial score (nSPS) is 11.5. The van der Waals surface area contributed by atoms with Crippen molar-refractivity contribution < 1.29 is 41.0 Å². The second kappa shape index (κ2) is 7.23. The largest absolute Gasteiger partial charge is 0.574 e. The number of esters is 1. The van der Waals surface area contributed by atoms with E-state index in [1.807, 2.05) is 0 Å². The Kier molecular flexibility index (Phi) is 5.89. The number of rotatable bonds is 6. The maximum atomic E-state index is 12.9. The van der Waals surface area contributed by atoms with Crippen LogP contribution in [0.15, 0.2) is 6.07 Å². The Morgan fingerprint density at radius 2 is 2.00 bits per heavy atom. The Morgan fingerprint density at radius 3 is 2.45 bits per heavy atom. The van der Waals surface area contributed by atoms with E-state index in [1.165, 1.54) is 6.92 Å². The minimum atomic E-state index is -5.09. The third-order valence-electron chi connectivity index (χ3n) is 2.35. The van der Waals surface area contributed by atoms with Crippen molar-refractivity contribution in [3.8, 4) is 11.6 Å². The number of alkyl halides is 5. The molecule has 1 aromatic heterocycles. The first-order chi connectivity index (χ1) is 10.2. The molecule has 0 amide bonds. The number of carbonyl (C=O) groups excluding carboxylic acids is 1. The van der Waals surface area contributed by atoms with Gasteiger partial charge in [0.05, 0.1) is 25.8 Å². The lowest BCUT2D eigenvalue weighted by atomic mass is 10.1. The Morgan fingerprint density at radius 1 is 1.36 bits per heavy atom. The van der Waals surface area contributed by atoms with Crippen molar-refractivity contribution in [2.45, 2.75) is 26.1 Å². The van der Waals surface area contributed by atoms with Crippen molar-refractivity contribution in [2.75, 3.05) is 13.7 Å². The van der Waals surface area contributed by atoms with Crippen LogP contribution in [0.2, 0.25) is 0 Å². The number of hydrogen-bond donors (Lipinski definition) is 0. The highest BCUT2D eigenvalue weighted by molar-refractivity contribution is 5.72. The Labute approximate surface area is 122 Å². The van der Waals surface area contributed by atoms with Crippen molar-refractivity contribution >= 4 is 5.97 Å². The quantitative estimate of drug-likeness (QED) is 0.593. The van der Waals surface area contributed by atoms with Gasteiger partial charge < -0.3 is 14.2 Å².